The van der Waals surface area contributed by atoms with Crippen molar-refractivity contribution < 1.29 is 22.8 Å². The van der Waals surface area contributed by atoms with E-state index in [1.807, 2.05) is 0 Å². The van der Waals surface area contributed by atoms with E-state index in [9.17, 15) is 22.9 Å². The van der Waals surface area contributed by atoms with E-state index in [-0.39, 0.29) is 19.6 Å². The number of hydrogen-bond donors (Lipinski definition) is 1. The van der Waals surface area contributed by atoms with Gasteiger partial charge in [0.15, 0.2) is 4.90 Å². The van der Waals surface area contributed by atoms with Crippen LogP contribution in [0.5, 0.6) is 0 Å². The number of sulfonamides is 1. The van der Waals surface area contributed by atoms with Gasteiger partial charge in [-0.25, -0.2) is 8.42 Å². The van der Waals surface area contributed by atoms with Gasteiger partial charge in [-0.05, 0) is 32.4 Å². The van der Waals surface area contributed by atoms with Gasteiger partial charge in [-0.1, -0.05) is 6.07 Å². The Hall–Kier alpha value is -1.58. The second-order valence-electron chi connectivity index (χ2n) is 4.63. The van der Waals surface area contributed by atoms with E-state index >= 15 is 0 Å². The summed E-state index contributed by atoms with van der Waals surface area (Å²) in [5.41, 5.74) is -1.06. The molecule has 0 amide bonds. The van der Waals surface area contributed by atoms with E-state index < -0.39 is 37.4 Å². The maximum atomic E-state index is 13.6. The molecule has 1 aromatic rings. The summed E-state index contributed by atoms with van der Waals surface area (Å²) in [5, 5.41) is 19.8. The highest BCUT2D eigenvalue weighted by Crippen LogP contribution is 2.30. The normalized spacial score (nSPS) is 12.1. The number of nitro groups is 1. The van der Waals surface area contributed by atoms with Crippen LogP contribution < -0.4 is 0 Å². The monoisotopic (exact) mass is 320 g/mol. The quantitative estimate of drug-likeness (QED) is 0.606. The number of rotatable bonds is 7. The van der Waals surface area contributed by atoms with Crippen LogP contribution in [0.25, 0.3) is 0 Å². The van der Waals surface area contributed by atoms with Crippen molar-refractivity contribution in [1.29, 1.82) is 0 Å². The highest BCUT2D eigenvalue weighted by atomic mass is 32.2. The standard InChI is InChI=1S/C12H17FN2O5S/c1-9(2)14(7-4-8-16)21(19,20)11-6-3-5-10(13)12(11)15(17)18/h3,5-6,9,16H,4,7-8H2,1-2H3. The van der Waals surface area contributed by atoms with Gasteiger partial charge in [0.05, 0.1) is 4.92 Å². The molecule has 7 nitrogen and oxygen atoms in total. The first kappa shape index (κ1) is 17.5. The molecule has 0 radical (unpaired) electrons. The Labute approximate surface area is 122 Å². The lowest BCUT2D eigenvalue weighted by Crippen LogP contribution is -2.38. The molecule has 1 rings (SSSR count). The molecule has 0 bridgehead atoms. The molecule has 118 valence electrons. The van der Waals surface area contributed by atoms with Crippen molar-refractivity contribution in [1.82, 2.24) is 4.31 Å². The maximum Gasteiger partial charge on any atom is 0.324 e. The Morgan fingerprint density at radius 2 is 2.05 bits per heavy atom. The topological polar surface area (TPSA) is 101 Å². The summed E-state index contributed by atoms with van der Waals surface area (Å²) in [4.78, 5) is 9.21. The van der Waals surface area contributed by atoms with Gasteiger partial charge < -0.3 is 5.11 Å². The minimum atomic E-state index is -4.23. The van der Waals surface area contributed by atoms with Gasteiger partial charge in [0, 0.05) is 19.2 Å². The van der Waals surface area contributed by atoms with Crippen molar-refractivity contribution in [3.8, 4) is 0 Å². The van der Waals surface area contributed by atoms with Gasteiger partial charge in [0.2, 0.25) is 15.8 Å². The second kappa shape index (κ2) is 6.92. The van der Waals surface area contributed by atoms with Crippen LogP contribution in [0.4, 0.5) is 10.1 Å². The zero-order chi connectivity index (χ0) is 16.2. The predicted octanol–water partition coefficient (Wildman–Crippen LogP) is 1.52. The first-order valence-electron chi connectivity index (χ1n) is 6.29. The van der Waals surface area contributed by atoms with E-state index in [2.05, 4.69) is 0 Å². The molecule has 0 aliphatic heterocycles. The smallest absolute Gasteiger partial charge is 0.324 e. The highest BCUT2D eigenvalue weighted by Gasteiger charge is 2.34. The molecule has 0 saturated carbocycles. The summed E-state index contributed by atoms with van der Waals surface area (Å²) in [5.74, 6) is -1.20. The van der Waals surface area contributed by atoms with Crippen LogP contribution in [0.2, 0.25) is 0 Å². The molecule has 1 aromatic carbocycles. The maximum absolute atomic E-state index is 13.6. The Bertz CT molecular complexity index is 618. The summed E-state index contributed by atoms with van der Waals surface area (Å²) in [6, 6.07) is 2.47. The zero-order valence-corrected chi connectivity index (χ0v) is 12.5. The summed E-state index contributed by atoms with van der Waals surface area (Å²) < 4.78 is 39.6. The fourth-order valence-electron chi connectivity index (χ4n) is 1.89. The van der Waals surface area contributed by atoms with Crippen LogP contribution >= 0.6 is 0 Å². The van der Waals surface area contributed by atoms with E-state index in [4.69, 9.17) is 5.11 Å². The van der Waals surface area contributed by atoms with Gasteiger partial charge in [0.1, 0.15) is 0 Å². The molecule has 0 heterocycles. The van der Waals surface area contributed by atoms with Crippen molar-refractivity contribution in [2.75, 3.05) is 13.2 Å². The third-order valence-electron chi connectivity index (χ3n) is 2.83. The van der Waals surface area contributed by atoms with E-state index in [1.165, 1.54) is 0 Å². The van der Waals surface area contributed by atoms with Crippen LogP contribution in [0.3, 0.4) is 0 Å². The lowest BCUT2D eigenvalue weighted by Gasteiger charge is -2.25. The number of aliphatic hydroxyl groups excluding tert-OH is 1. The Morgan fingerprint density at radius 3 is 2.52 bits per heavy atom. The fraction of sp³-hybridized carbons (Fsp3) is 0.500. The number of nitrogens with zero attached hydrogens (tertiary/aromatic N) is 2. The molecule has 21 heavy (non-hydrogen) atoms. The molecular formula is C12H17FN2O5S. The number of aliphatic hydroxyl groups is 1. The lowest BCUT2D eigenvalue weighted by molar-refractivity contribution is -0.390. The molecular weight excluding hydrogens is 303 g/mol. The van der Waals surface area contributed by atoms with Gasteiger partial charge in [-0.15, -0.1) is 0 Å². The number of para-hydroxylation sites is 1. The Balaban J connectivity index is 3.42. The van der Waals surface area contributed by atoms with Crippen molar-refractivity contribution in [3.63, 3.8) is 0 Å². The largest absolute Gasteiger partial charge is 0.396 e. The van der Waals surface area contributed by atoms with Gasteiger partial charge >= 0.3 is 5.69 Å². The Morgan fingerprint density at radius 1 is 1.43 bits per heavy atom. The van der Waals surface area contributed by atoms with Crippen molar-refractivity contribution in [2.45, 2.75) is 31.2 Å². The summed E-state index contributed by atoms with van der Waals surface area (Å²) in [6.45, 7) is 2.97. The van der Waals surface area contributed by atoms with Crippen LogP contribution in [0, 0.1) is 15.9 Å². The lowest BCUT2D eigenvalue weighted by atomic mass is 10.3. The van der Waals surface area contributed by atoms with E-state index in [0.717, 1.165) is 22.5 Å². The van der Waals surface area contributed by atoms with E-state index in [1.54, 1.807) is 13.8 Å². The van der Waals surface area contributed by atoms with Crippen molar-refractivity contribution in [3.05, 3.63) is 34.1 Å². The first-order valence-corrected chi connectivity index (χ1v) is 7.73. The van der Waals surface area contributed by atoms with Crippen LogP contribution in [-0.4, -0.2) is 41.9 Å². The summed E-state index contributed by atoms with van der Waals surface area (Å²) in [7, 11) is -4.23. The zero-order valence-electron chi connectivity index (χ0n) is 11.7. The molecule has 0 unspecified atom stereocenters. The summed E-state index contributed by atoms with van der Waals surface area (Å²) in [6.07, 6.45) is 0.181. The number of hydrogen-bond acceptors (Lipinski definition) is 5. The van der Waals surface area contributed by atoms with Crippen LogP contribution in [0.1, 0.15) is 20.3 Å². The van der Waals surface area contributed by atoms with Crippen LogP contribution in [0.15, 0.2) is 23.1 Å². The second-order valence-corrected chi connectivity index (χ2v) is 6.49. The molecule has 0 saturated heterocycles. The molecule has 0 aliphatic rings. The molecule has 0 fully saturated rings. The molecule has 0 spiro atoms. The average molecular weight is 320 g/mol. The fourth-order valence-corrected chi connectivity index (χ4v) is 3.73. The minimum Gasteiger partial charge on any atom is -0.396 e. The third kappa shape index (κ3) is 3.74. The number of nitro benzene ring substituents is 1. The first-order chi connectivity index (χ1) is 9.73. The van der Waals surface area contributed by atoms with Gasteiger partial charge in [0.25, 0.3) is 0 Å². The number of benzene rings is 1. The molecule has 0 aliphatic carbocycles. The van der Waals surface area contributed by atoms with Crippen LogP contribution in [-0.2, 0) is 10.0 Å². The molecule has 1 N–H and O–H groups in total. The van der Waals surface area contributed by atoms with Gasteiger partial charge in [-0.2, -0.15) is 8.70 Å². The molecule has 9 heteroatoms. The van der Waals surface area contributed by atoms with Crippen molar-refractivity contribution >= 4 is 15.7 Å². The SMILES string of the molecule is CC(C)N(CCCO)S(=O)(=O)c1cccc(F)c1[N+](=O)[O-]. The van der Waals surface area contributed by atoms with Gasteiger partial charge in [-0.3, -0.25) is 10.1 Å². The Kier molecular flexibility index (Phi) is 5.76. The van der Waals surface area contributed by atoms with Crippen molar-refractivity contribution in [2.24, 2.45) is 0 Å². The molecule has 0 atom stereocenters. The highest BCUT2D eigenvalue weighted by molar-refractivity contribution is 7.89. The molecule has 0 aromatic heterocycles. The summed E-state index contributed by atoms with van der Waals surface area (Å²) >= 11 is 0. The number of halogens is 1. The predicted molar refractivity (Wildman–Crippen MR) is 73.8 cm³/mol. The van der Waals surface area contributed by atoms with E-state index in [0.29, 0.717) is 0 Å². The minimum absolute atomic E-state index is 0.00975. The third-order valence-corrected chi connectivity index (χ3v) is 4.94. The average Bonchev–Trinajstić information content (AvgIpc) is 2.37.